The van der Waals surface area contributed by atoms with Gasteiger partial charge in [-0.3, -0.25) is 14.6 Å². The van der Waals surface area contributed by atoms with Gasteiger partial charge in [0.05, 0.1) is 6.54 Å². The number of anilines is 2. The number of para-hydroxylation sites is 1. The molecule has 0 saturated carbocycles. The number of hydrogen-bond acceptors (Lipinski definition) is 8. The summed E-state index contributed by atoms with van der Waals surface area (Å²) in [5, 5.41) is 10.2. The molecule has 1 heterocycles. The van der Waals surface area contributed by atoms with Gasteiger partial charge in [-0.05, 0) is 24.3 Å². The molecular weight excluding hydrogens is 351 g/mol. The maximum Gasteiger partial charge on any atom is 0.524 e. The van der Waals surface area contributed by atoms with Gasteiger partial charge in [0.1, 0.15) is 17.2 Å². The second kappa shape index (κ2) is 7.81. The second-order valence-corrected chi connectivity index (χ2v) is 5.77. The molecular formula is C13H15N6O5P. The number of pyridine rings is 1. The van der Waals surface area contributed by atoms with E-state index in [-0.39, 0.29) is 35.3 Å². The molecule has 1 aromatic heterocycles. The lowest BCUT2D eigenvalue weighted by Crippen LogP contribution is -2.22. The summed E-state index contributed by atoms with van der Waals surface area (Å²) in [7, 11) is -4.73. The number of hydrogen-bond donors (Lipinski definition) is 5. The molecule has 1 aromatic carbocycles. The zero-order valence-corrected chi connectivity index (χ0v) is 13.6. The number of amides is 1. The number of nitrogen functional groups attached to an aromatic ring is 1. The smallest absolute Gasteiger partial charge is 0.402 e. The molecule has 132 valence electrons. The van der Waals surface area contributed by atoms with Gasteiger partial charge >= 0.3 is 7.82 Å². The van der Waals surface area contributed by atoms with Gasteiger partial charge in [-0.1, -0.05) is 12.1 Å². The highest BCUT2D eigenvalue weighted by atomic mass is 31.2. The zero-order chi connectivity index (χ0) is 18.4. The third kappa shape index (κ3) is 5.62. The summed E-state index contributed by atoms with van der Waals surface area (Å²) in [6, 6.07) is 8.82. The van der Waals surface area contributed by atoms with Gasteiger partial charge in [0.25, 0.3) is 0 Å². The fraction of sp³-hybridized carbons (Fsp3) is 0.0769. The number of benzene rings is 1. The standard InChI is InChI=1S/C13H15N6O5P/c14-7-12(20)16-11-6-5-9(13(15)17-11)19-18-8-3-1-2-4-10(8)24-25(21,22)23/h1-6H,7,14H2,(H2,21,22,23)(H3,15,16,17,20)/b19-18+. The van der Waals surface area contributed by atoms with Crippen LogP contribution in [0.5, 0.6) is 5.75 Å². The molecule has 11 nitrogen and oxygen atoms in total. The Bertz CT molecular complexity index is 853. The molecule has 7 N–H and O–H groups in total. The van der Waals surface area contributed by atoms with E-state index < -0.39 is 13.7 Å². The van der Waals surface area contributed by atoms with E-state index in [1.165, 1.54) is 30.3 Å². The minimum atomic E-state index is -4.73. The van der Waals surface area contributed by atoms with E-state index in [0.29, 0.717) is 0 Å². The fourth-order valence-electron chi connectivity index (χ4n) is 1.67. The topological polar surface area (TPSA) is 186 Å². The van der Waals surface area contributed by atoms with Crippen LogP contribution in [0.25, 0.3) is 0 Å². The van der Waals surface area contributed by atoms with Crippen molar-refractivity contribution in [3.63, 3.8) is 0 Å². The summed E-state index contributed by atoms with van der Waals surface area (Å²) >= 11 is 0. The van der Waals surface area contributed by atoms with Crippen LogP contribution >= 0.6 is 7.82 Å². The van der Waals surface area contributed by atoms with Crippen LogP contribution in [0, 0.1) is 0 Å². The van der Waals surface area contributed by atoms with Crippen LogP contribution in [-0.2, 0) is 9.36 Å². The lowest BCUT2D eigenvalue weighted by atomic mass is 10.3. The normalized spacial score (nSPS) is 11.5. The summed E-state index contributed by atoms with van der Waals surface area (Å²) in [5.41, 5.74) is 11.2. The first-order valence-corrected chi connectivity index (χ1v) is 8.34. The molecule has 0 aliphatic carbocycles. The first-order valence-electron chi connectivity index (χ1n) is 6.81. The van der Waals surface area contributed by atoms with Gasteiger partial charge in [-0.15, -0.1) is 10.2 Å². The Morgan fingerprint density at radius 3 is 2.52 bits per heavy atom. The second-order valence-electron chi connectivity index (χ2n) is 4.60. The Balaban J connectivity index is 2.22. The Kier molecular flexibility index (Phi) is 5.78. The van der Waals surface area contributed by atoms with Crippen molar-refractivity contribution in [1.29, 1.82) is 0 Å². The van der Waals surface area contributed by atoms with Crippen LogP contribution in [-0.4, -0.2) is 27.2 Å². The van der Waals surface area contributed by atoms with Crippen molar-refractivity contribution in [2.24, 2.45) is 16.0 Å². The number of nitrogens with one attached hydrogen (secondary N) is 1. The van der Waals surface area contributed by atoms with E-state index in [1.54, 1.807) is 6.07 Å². The number of nitrogens with two attached hydrogens (primary N) is 2. The van der Waals surface area contributed by atoms with Crippen LogP contribution in [0.2, 0.25) is 0 Å². The molecule has 25 heavy (non-hydrogen) atoms. The lowest BCUT2D eigenvalue weighted by Gasteiger charge is -2.08. The summed E-state index contributed by atoms with van der Waals surface area (Å²) in [5.74, 6) is -0.369. The maximum atomic E-state index is 11.2. The van der Waals surface area contributed by atoms with E-state index in [9.17, 15) is 9.36 Å². The summed E-state index contributed by atoms with van der Waals surface area (Å²) in [4.78, 5) is 32.9. The fourth-order valence-corrected chi connectivity index (χ4v) is 2.08. The minimum absolute atomic E-state index is 0.00745. The number of carbonyl (C=O) groups excluding carboxylic acids is 1. The van der Waals surface area contributed by atoms with Gasteiger partial charge in [-0.25, -0.2) is 9.55 Å². The van der Waals surface area contributed by atoms with Gasteiger partial charge < -0.3 is 21.3 Å². The van der Waals surface area contributed by atoms with Crippen LogP contribution in [0.4, 0.5) is 23.0 Å². The van der Waals surface area contributed by atoms with Crippen molar-refractivity contribution in [1.82, 2.24) is 4.98 Å². The highest BCUT2D eigenvalue weighted by Gasteiger charge is 2.18. The monoisotopic (exact) mass is 366 g/mol. The van der Waals surface area contributed by atoms with E-state index in [2.05, 4.69) is 25.1 Å². The van der Waals surface area contributed by atoms with Crippen molar-refractivity contribution in [2.75, 3.05) is 17.6 Å². The third-order valence-electron chi connectivity index (χ3n) is 2.70. The molecule has 0 aliphatic rings. The Morgan fingerprint density at radius 1 is 1.20 bits per heavy atom. The third-order valence-corrected chi connectivity index (χ3v) is 3.14. The zero-order valence-electron chi connectivity index (χ0n) is 12.7. The number of nitrogens with zero attached hydrogens (tertiary/aromatic N) is 3. The highest BCUT2D eigenvalue weighted by molar-refractivity contribution is 7.46. The van der Waals surface area contributed by atoms with Gasteiger partial charge in [0.15, 0.2) is 11.6 Å². The lowest BCUT2D eigenvalue weighted by molar-refractivity contribution is -0.114. The van der Waals surface area contributed by atoms with Crippen molar-refractivity contribution >= 4 is 36.7 Å². The molecule has 0 saturated heterocycles. The van der Waals surface area contributed by atoms with Crippen LogP contribution < -0.4 is 21.3 Å². The average molecular weight is 366 g/mol. The molecule has 0 aliphatic heterocycles. The first-order chi connectivity index (χ1) is 11.8. The van der Waals surface area contributed by atoms with E-state index in [0.717, 1.165) is 0 Å². The maximum absolute atomic E-state index is 11.2. The molecule has 12 heteroatoms. The largest absolute Gasteiger partial charge is 0.524 e. The molecule has 1 amide bonds. The predicted octanol–water partition coefficient (Wildman–Crippen LogP) is 1.45. The van der Waals surface area contributed by atoms with E-state index in [1.807, 2.05) is 0 Å². The van der Waals surface area contributed by atoms with Crippen molar-refractivity contribution in [3.05, 3.63) is 36.4 Å². The molecule has 0 bridgehead atoms. The van der Waals surface area contributed by atoms with E-state index in [4.69, 9.17) is 21.3 Å². The number of azo groups is 1. The molecule has 0 spiro atoms. The molecule has 2 aromatic rings. The first kappa shape index (κ1) is 18.5. The average Bonchev–Trinajstić information content (AvgIpc) is 2.54. The number of rotatable bonds is 6. The van der Waals surface area contributed by atoms with Crippen LogP contribution in [0.15, 0.2) is 46.6 Å². The van der Waals surface area contributed by atoms with Crippen molar-refractivity contribution in [2.45, 2.75) is 0 Å². The Labute approximate surface area is 142 Å². The Hall–Kier alpha value is -2.85. The molecule has 0 radical (unpaired) electrons. The minimum Gasteiger partial charge on any atom is -0.402 e. The molecule has 0 atom stereocenters. The summed E-state index contributed by atoms with van der Waals surface area (Å²) in [6.45, 7) is -0.195. The van der Waals surface area contributed by atoms with Gasteiger partial charge in [0.2, 0.25) is 5.91 Å². The van der Waals surface area contributed by atoms with Crippen molar-refractivity contribution in [3.8, 4) is 5.75 Å². The number of phosphoric acid groups is 1. The van der Waals surface area contributed by atoms with Crippen LogP contribution in [0.3, 0.4) is 0 Å². The summed E-state index contributed by atoms with van der Waals surface area (Å²) in [6.07, 6.45) is 0. The SMILES string of the molecule is NCC(=O)Nc1ccc(/N=N/c2ccccc2OP(=O)(O)O)c(N)n1. The quantitative estimate of drug-likeness (QED) is 0.375. The number of phosphoric ester groups is 1. The highest BCUT2D eigenvalue weighted by Crippen LogP contribution is 2.42. The van der Waals surface area contributed by atoms with Gasteiger partial charge in [0, 0.05) is 0 Å². The van der Waals surface area contributed by atoms with E-state index >= 15 is 0 Å². The predicted molar refractivity (Wildman–Crippen MR) is 89.6 cm³/mol. The van der Waals surface area contributed by atoms with Gasteiger partial charge in [-0.2, -0.15) is 0 Å². The Morgan fingerprint density at radius 2 is 1.88 bits per heavy atom. The molecule has 0 unspecified atom stereocenters. The number of carbonyl (C=O) groups is 1. The molecule has 2 rings (SSSR count). The molecule has 0 fully saturated rings. The van der Waals surface area contributed by atoms with Crippen LogP contribution in [0.1, 0.15) is 0 Å². The van der Waals surface area contributed by atoms with Crippen molar-refractivity contribution < 1.29 is 23.7 Å². The number of aromatic nitrogens is 1. The summed E-state index contributed by atoms with van der Waals surface area (Å²) < 4.78 is 15.5.